The predicted molar refractivity (Wildman–Crippen MR) is 71.8 cm³/mol. The molecule has 0 bridgehead atoms. The molecule has 106 valence electrons. The van der Waals surface area contributed by atoms with Crippen LogP contribution in [0.1, 0.15) is 40.0 Å². The average Bonchev–Trinajstić information content (AvgIpc) is 2.36. The summed E-state index contributed by atoms with van der Waals surface area (Å²) in [6.07, 6.45) is 3.05. The van der Waals surface area contributed by atoms with Crippen LogP contribution in [0.4, 0.5) is 0 Å². The van der Waals surface area contributed by atoms with E-state index in [1.165, 1.54) is 0 Å². The molecule has 0 aromatic heterocycles. The monoisotopic (exact) mass is 257 g/mol. The lowest BCUT2D eigenvalue weighted by Gasteiger charge is -2.37. The van der Waals surface area contributed by atoms with Gasteiger partial charge < -0.3 is 14.4 Å². The van der Waals surface area contributed by atoms with Crippen molar-refractivity contribution in [2.45, 2.75) is 57.8 Å². The molecular formula is C14H27NO3. The molecule has 1 saturated heterocycles. The minimum atomic E-state index is -0.659. The molecule has 4 heteroatoms. The van der Waals surface area contributed by atoms with Crippen LogP contribution in [0.25, 0.3) is 0 Å². The number of carbonyl (C=O) groups excluding carboxylic acids is 1. The molecule has 0 spiro atoms. The van der Waals surface area contributed by atoms with Crippen molar-refractivity contribution in [2.75, 3.05) is 27.3 Å². The van der Waals surface area contributed by atoms with Crippen molar-refractivity contribution in [2.24, 2.45) is 0 Å². The molecule has 1 fully saturated rings. The maximum atomic E-state index is 12.0. The number of hydrogen-bond donors (Lipinski definition) is 0. The SMILES string of the molecule is COC1CCN(CCC(=O)C(C)(C)OC)C(C)C1. The maximum Gasteiger partial charge on any atom is 0.165 e. The van der Waals surface area contributed by atoms with Crippen molar-refractivity contribution >= 4 is 5.78 Å². The van der Waals surface area contributed by atoms with Crippen LogP contribution in [-0.4, -0.2) is 55.7 Å². The van der Waals surface area contributed by atoms with Gasteiger partial charge in [0.05, 0.1) is 6.10 Å². The summed E-state index contributed by atoms with van der Waals surface area (Å²) < 4.78 is 10.6. The Balaban J connectivity index is 2.38. The summed E-state index contributed by atoms with van der Waals surface area (Å²) in [6.45, 7) is 7.70. The number of rotatable bonds is 6. The smallest absolute Gasteiger partial charge is 0.165 e. The lowest BCUT2D eigenvalue weighted by atomic mass is 9.97. The van der Waals surface area contributed by atoms with Gasteiger partial charge in [0.25, 0.3) is 0 Å². The van der Waals surface area contributed by atoms with E-state index >= 15 is 0 Å². The van der Waals surface area contributed by atoms with Gasteiger partial charge in [-0.05, 0) is 33.6 Å². The normalized spacial score (nSPS) is 26.3. The van der Waals surface area contributed by atoms with Crippen LogP contribution in [0, 0.1) is 0 Å². The highest BCUT2D eigenvalue weighted by molar-refractivity contribution is 5.86. The summed E-state index contributed by atoms with van der Waals surface area (Å²) in [5.41, 5.74) is -0.659. The van der Waals surface area contributed by atoms with Gasteiger partial charge in [-0.3, -0.25) is 4.79 Å². The number of ketones is 1. The first-order valence-corrected chi connectivity index (χ1v) is 6.76. The molecule has 0 saturated carbocycles. The van der Waals surface area contributed by atoms with E-state index in [-0.39, 0.29) is 5.78 Å². The molecule has 0 aromatic carbocycles. The van der Waals surface area contributed by atoms with E-state index in [1.54, 1.807) is 14.2 Å². The lowest BCUT2D eigenvalue weighted by molar-refractivity contribution is -0.137. The first-order valence-electron chi connectivity index (χ1n) is 6.76. The van der Waals surface area contributed by atoms with E-state index < -0.39 is 5.60 Å². The highest BCUT2D eigenvalue weighted by Crippen LogP contribution is 2.20. The number of likely N-dealkylation sites (tertiary alicyclic amines) is 1. The van der Waals surface area contributed by atoms with Gasteiger partial charge in [-0.25, -0.2) is 0 Å². The van der Waals surface area contributed by atoms with Crippen molar-refractivity contribution < 1.29 is 14.3 Å². The summed E-state index contributed by atoms with van der Waals surface area (Å²) in [7, 11) is 3.36. The number of piperidine rings is 1. The van der Waals surface area contributed by atoms with E-state index in [1.807, 2.05) is 13.8 Å². The Hall–Kier alpha value is -0.450. The third-order valence-corrected chi connectivity index (χ3v) is 4.11. The second-order valence-electron chi connectivity index (χ2n) is 5.65. The van der Waals surface area contributed by atoms with Gasteiger partial charge >= 0.3 is 0 Å². The summed E-state index contributed by atoms with van der Waals surface area (Å²) >= 11 is 0. The average molecular weight is 257 g/mol. The van der Waals surface area contributed by atoms with E-state index in [4.69, 9.17) is 9.47 Å². The topological polar surface area (TPSA) is 38.8 Å². The zero-order chi connectivity index (χ0) is 13.8. The van der Waals surface area contributed by atoms with Crippen molar-refractivity contribution in [1.82, 2.24) is 4.90 Å². The maximum absolute atomic E-state index is 12.0. The first-order chi connectivity index (χ1) is 8.40. The predicted octanol–water partition coefficient (Wildman–Crippen LogP) is 1.87. The van der Waals surface area contributed by atoms with Crippen LogP contribution < -0.4 is 0 Å². The third-order valence-electron chi connectivity index (χ3n) is 4.11. The van der Waals surface area contributed by atoms with Crippen LogP contribution in [0.2, 0.25) is 0 Å². The number of carbonyl (C=O) groups is 1. The Morgan fingerprint density at radius 2 is 2.06 bits per heavy atom. The van der Waals surface area contributed by atoms with Gasteiger partial charge in [-0.15, -0.1) is 0 Å². The van der Waals surface area contributed by atoms with Gasteiger partial charge in [-0.1, -0.05) is 0 Å². The van der Waals surface area contributed by atoms with Crippen LogP contribution in [0.15, 0.2) is 0 Å². The molecule has 4 nitrogen and oxygen atoms in total. The van der Waals surface area contributed by atoms with E-state index in [0.717, 1.165) is 25.9 Å². The Kier molecular flexibility index (Phi) is 5.76. The lowest BCUT2D eigenvalue weighted by Crippen LogP contribution is -2.45. The molecule has 0 aliphatic carbocycles. The minimum Gasteiger partial charge on any atom is -0.381 e. The second-order valence-corrected chi connectivity index (χ2v) is 5.65. The number of hydrogen-bond acceptors (Lipinski definition) is 4. The Bertz CT molecular complexity index is 278. The molecule has 2 atom stereocenters. The number of ether oxygens (including phenoxy) is 2. The Labute approximate surface area is 111 Å². The molecule has 1 aliphatic rings. The molecule has 0 aromatic rings. The third kappa shape index (κ3) is 4.04. The van der Waals surface area contributed by atoms with Gasteiger partial charge in [0, 0.05) is 39.8 Å². The fraction of sp³-hybridized carbons (Fsp3) is 0.929. The van der Waals surface area contributed by atoms with Crippen LogP contribution in [0.3, 0.4) is 0 Å². The van der Waals surface area contributed by atoms with Crippen molar-refractivity contribution in [3.63, 3.8) is 0 Å². The fourth-order valence-corrected chi connectivity index (χ4v) is 2.38. The van der Waals surface area contributed by atoms with Gasteiger partial charge in [-0.2, -0.15) is 0 Å². The summed E-state index contributed by atoms with van der Waals surface area (Å²) in [4.78, 5) is 14.4. The highest BCUT2D eigenvalue weighted by atomic mass is 16.5. The number of nitrogens with zero attached hydrogens (tertiary/aromatic N) is 1. The molecule has 1 aliphatic heterocycles. The molecule has 1 rings (SSSR count). The Morgan fingerprint density at radius 3 is 2.56 bits per heavy atom. The van der Waals surface area contributed by atoms with Crippen molar-refractivity contribution in [1.29, 1.82) is 0 Å². The largest absolute Gasteiger partial charge is 0.381 e. The van der Waals surface area contributed by atoms with E-state index in [9.17, 15) is 4.79 Å². The summed E-state index contributed by atoms with van der Waals surface area (Å²) in [5.74, 6) is 0.172. The standard InChI is InChI=1S/C14H27NO3/c1-11-10-12(17-4)6-8-15(11)9-7-13(16)14(2,3)18-5/h11-12H,6-10H2,1-5H3. The Morgan fingerprint density at radius 1 is 1.39 bits per heavy atom. The molecule has 0 radical (unpaired) electrons. The number of methoxy groups -OCH3 is 2. The summed E-state index contributed by atoms with van der Waals surface area (Å²) in [5, 5.41) is 0. The van der Waals surface area contributed by atoms with Crippen LogP contribution in [-0.2, 0) is 14.3 Å². The summed E-state index contributed by atoms with van der Waals surface area (Å²) in [6, 6.07) is 0.488. The van der Waals surface area contributed by atoms with Gasteiger partial charge in [0.15, 0.2) is 5.78 Å². The minimum absolute atomic E-state index is 0.172. The number of Topliss-reactive ketones (excluding diaryl/α,β-unsaturated/α-hetero) is 1. The van der Waals surface area contributed by atoms with Crippen LogP contribution in [0.5, 0.6) is 0 Å². The van der Waals surface area contributed by atoms with Gasteiger partial charge in [0.1, 0.15) is 5.60 Å². The quantitative estimate of drug-likeness (QED) is 0.728. The molecule has 0 amide bonds. The van der Waals surface area contributed by atoms with Crippen LogP contribution >= 0.6 is 0 Å². The molecule has 0 N–H and O–H groups in total. The fourth-order valence-electron chi connectivity index (χ4n) is 2.38. The molecule has 18 heavy (non-hydrogen) atoms. The zero-order valence-corrected chi connectivity index (χ0v) is 12.4. The molecular weight excluding hydrogens is 230 g/mol. The van der Waals surface area contributed by atoms with Crippen molar-refractivity contribution in [3.05, 3.63) is 0 Å². The molecule has 2 unspecified atom stereocenters. The van der Waals surface area contributed by atoms with Crippen molar-refractivity contribution in [3.8, 4) is 0 Å². The van der Waals surface area contributed by atoms with Gasteiger partial charge in [0.2, 0.25) is 0 Å². The second kappa shape index (κ2) is 6.64. The highest BCUT2D eigenvalue weighted by Gasteiger charge is 2.29. The molecule has 1 heterocycles. The van der Waals surface area contributed by atoms with E-state index in [2.05, 4.69) is 11.8 Å². The van der Waals surface area contributed by atoms with E-state index in [0.29, 0.717) is 18.6 Å². The first kappa shape index (κ1) is 15.6. The zero-order valence-electron chi connectivity index (χ0n) is 12.4.